The molecule has 0 bridgehead atoms. The first-order valence-electron chi connectivity index (χ1n) is 5.02. The summed E-state index contributed by atoms with van der Waals surface area (Å²) in [6.07, 6.45) is 1.71. The number of rotatable bonds is 2. The first-order chi connectivity index (χ1) is 8.24. The normalized spacial score (nSPS) is 11.1. The minimum atomic E-state index is -0.0276. The van der Waals surface area contributed by atoms with Crippen molar-refractivity contribution in [2.24, 2.45) is 0 Å². The fraction of sp³-hybridized carbons (Fsp3) is 0.0909. The average Bonchev–Trinajstić information content (AvgIpc) is 2.87. The van der Waals surface area contributed by atoms with E-state index >= 15 is 0 Å². The van der Waals surface area contributed by atoms with Crippen molar-refractivity contribution in [3.63, 3.8) is 0 Å². The molecule has 0 atom stereocenters. The Kier molecular flexibility index (Phi) is 2.22. The molecule has 2 aromatic heterocycles. The van der Waals surface area contributed by atoms with Crippen LogP contribution in [0.2, 0.25) is 0 Å². The van der Waals surface area contributed by atoms with Crippen LogP contribution >= 0.6 is 11.3 Å². The van der Waals surface area contributed by atoms with Crippen LogP contribution in [0, 0.1) is 0 Å². The topological polar surface area (TPSA) is 74.0 Å². The van der Waals surface area contributed by atoms with E-state index in [2.05, 4.69) is 4.98 Å². The van der Waals surface area contributed by atoms with Gasteiger partial charge in [0.05, 0.1) is 5.69 Å². The van der Waals surface area contributed by atoms with Crippen molar-refractivity contribution >= 4 is 28.1 Å². The summed E-state index contributed by atoms with van der Waals surface area (Å²) in [6.45, 7) is 0.330. The average molecular weight is 247 g/mol. The van der Waals surface area contributed by atoms with Crippen LogP contribution in [-0.2, 0) is 6.54 Å². The monoisotopic (exact) mass is 247 g/mol. The molecule has 1 aromatic carbocycles. The van der Waals surface area contributed by atoms with Crippen molar-refractivity contribution < 1.29 is 4.42 Å². The fourth-order valence-electron chi connectivity index (χ4n) is 1.64. The van der Waals surface area contributed by atoms with Gasteiger partial charge in [-0.1, -0.05) is 17.4 Å². The maximum atomic E-state index is 11.4. The summed E-state index contributed by atoms with van der Waals surface area (Å²) in [7, 11) is 0. The zero-order valence-electron chi connectivity index (χ0n) is 8.79. The molecule has 0 unspecified atom stereocenters. The smallest absolute Gasteiger partial charge is 0.307 e. The van der Waals surface area contributed by atoms with Crippen LogP contribution in [0.15, 0.2) is 39.0 Å². The molecule has 0 saturated carbocycles. The first-order valence-corrected chi connectivity index (χ1v) is 5.90. The fourth-order valence-corrected chi connectivity index (χ4v) is 2.22. The molecule has 17 heavy (non-hydrogen) atoms. The Morgan fingerprint density at radius 1 is 1.47 bits per heavy atom. The lowest BCUT2D eigenvalue weighted by atomic mass is 10.3. The van der Waals surface area contributed by atoms with E-state index in [-0.39, 0.29) is 4.87 Å². The maximum Gasteiger partial charge on any atom is 0.307 e. The van der Waals surface area contributed by atoms with Crippen molar-refractivity contribution in [2.75, 3.05) is 5.73 Å². The molecule has 86 valence electrons. The molecule has 0 amide bonds. The van der Waals surface area contributed by atoms with Gasteiger partial charge in [-0.15, -0.1) is 0 Å². The molecular weight excluding hydrogens is 238 g/mol. The van der Waals surface area contributed by atoms with Crippen LogP contribution in [0.4, 0.5) is 5.69 Å². The molecular formula is C11H9N3O2S. The van der Waals surface area contributed by atoms with Gasteiger partial charge in [0.15, 0.2) is 5.58 Å². The highest BCUT2D eigenvalue weighted by Crippen LogP contribution is 2.21. The van der Waals surface area contributed by atoms with E-state index in [0.717, 1.165) is 11.3 Å². The van der Waals surface area contributed by atoms with E-state index in [4.69, 9.17) is 10.2 Å². The number of aromatic nitrogens is 2. The molecule has 0 aliphatic carbocycles. The number of fused-ring (bicyclic) bond motifs is 1. The number of thiazole rings is 1. The summed E-state index contributed by atoms with van der Waals surface area (Å²) in [6, 6.07) is 5.38. The first kappa shape index (κ1) is 10.1. The number of hydrogen-bond acceptors (Lipinski definition) is 5. The highest BCUT2D eigenvalue weighted by Gasteiger charge is 2.09. The van der Waals surface area contributed by atoms with E-state index in [1.54, 1.807) is 28.3 Å². The molecule has 0 radical (unpaired) electrons. The minimum Gasteiger partial charge on any atom is -0.439 e. The summed E-state index contributed by atoms with van der Waals surface area (Å²) >= 11 is 1.15. The van der Waals surface area contributed by atoms with Gasteiger partial charge in [0.2, 0.25) is 5.89 Å². The van der Waals surface area contributed by atoms with E-state index < -0.39 is 0 Å². The molecule has 3 rings (SSSR count). The Morgan fingerprint density at radius 2 is 2.35 bits per heavy atom. The molecule has 0 saturated heterocycles. The van der Waals surface area contributed by atoms with Crippen LogP contribution in [0.25, 0.3) is 11.1 Å². The van der Waals surface area contributed by atoms with Gasteiger partial charge in [-0.2, -0.15) is 0 Å². The van der Waals surface area contributed by atoms with Crippen LogP contribution < -0.4 is 10.6 Å². The van der Waals surface area contributed by atoms with Crippen LogP contribution in [-0.4, -0.2) is 9.55 Å². The molecule has 3 aromatic rings. The van der Waals surface area contributed by atoms with Gasteiger partial charge in [0.1, 0.15) is 12.1 Å². The van der Waals surface area contributed by atoms with Gasteiger partial charge in [-0.05, 0) is 12.1 Å². The summed E-state index contributed by atoms with van der Waals surface area (Å²) < 4.78 is 7.08. The molecule has 0 spiro atoms. The highest BCUT2D eigenvalue weighted by atomic mass is 32.1. The largest absolute Gasteiger partial charge is 0.439 e. The summed E-state index contributed by atoms with van der Waals surface area (Å²) in [5, 5.41) is 1.74. The van der Waals surface area contributed by atoms with Gasteiger partial charge < -0.3 is 10.2 Å². The van der Waals surface area contributed by atoms with Crippen LogP contribution in [0.1, 0.15) is 5.89 Å². The van der Waals surface area contributed by atoms with Gasteiger partial charge in [0.25, 0.3) is 0 Å². The second-order valence-electron chi connectivity index (χ2n) is 3.60. The summed E-state index contributed by atoms with van der Waals surface area (Å²) in [5.41, 5.74) is 7.65. The zero-order chi connectivity index (χ0) is 11.8. The SMILES string of the molecule is Nc1cccc2oc(Cn3ccsc3=O)nc12. The Hall–Kier alpha value is -2.08. The Bertz CT molecular complexity index is 725. The lowest BCUT2D eigenvalue weighted by molar-refractivity contribution is 0.507. The second-order valence-corrected chi connectivity index (χ2v) is 4.46. The van der Waals surface area contributed by atoms with Crippen molar-refractivity contribution in [2.45, 2.75) is 6.54 Å². The number of benzene rings is 1. The van der Waals surface area contributed by atoms with Gasteiger partial charge in [0, 0.05) is 11.6 Å². The van der Waals surface area contributed by atoms with Gasteiger partial charge >= 0.3 is 4.87 Å². The number of hydrogen-bond donors (Lipinski definition) is 1. The quantitative estimate of drug-likeness (QED) is 0.699. The zero-order valence-corrected chi connectivity index (χ0v) is 9.61. The second kappa shape index (κ2) is 3.74. The Balaban J connectivity index is 2.05. The summed E-state index contributed by atoms with van der Waals surface area (Å²) in [5.74, 6) is 0.485. The Morgan fingerprint density at radius 3 is 3.06 bits per heavy atom. The summed E-state index contributed by atoms with van der Waals surface area (Å²) in [4.78, 5) is 15.6. The molecule has 5 nitrogen and oxygen atoms in total. The van der Waals surface area contributed by atoms with Crippen molar-refractivity contribution in [3.8, 4) is 0 Å². The highest BCUT2D eigenvalue weighted by molar-refractivity contribution is 7.07. The third-order valence-electron chi connectivity index (χ3n) is 2.44. The van der Waals surface area contributed by atoms with E-state index in [1.807, 2.05) is 6.07 Å². The lowest BCUT2D eigenvalue weighted by Gasteiger charge is -1.94. The number of oxazole rings is 1. The van der Waals surface area contributed by atoms with Gasteiger partial charge in [-0.25, -0.2) is 4.98 Å². The molecule has 0 fully saturated rings. The van der Waals surface area contributed by atoms with E-state index in [1.165, 1.54) is 0 Å². The molecule has 6 heteroatoms. The van der Waals surface area contributed by atoms with Crippen molar-refractivity contribution in [1.29, 1.82) is 0 Å². The van der Waals surface area contributed by atoms with Crippen LogP contribution in [0.3, 0.4) is 0 Å². The number of para-hydroxylation sites is 1. The van der Waals surface area contributed by atoms with Crippen molar-refractivity contribution in [3.05, 3.63) is 45.3 Å². The van der Waals surface area contributed by atoms with Gasteiger partial charge in [-0.3, -0.25) is 9.36 Å². The standard InChI is InChI=1S/C11H9N3O2S/c12-7-2-1-3-8-10(7)13-9(16-8)6-14-4-5-17-11(14)15/h1-5H,6,12H2. The minimum absolute atomic E-state index is 0.0276. The van der Waals surface area contributed by atoms with Crippen LogP contribution in [0.5, 0.6) is 0 Å². The number of nitrogens with two attached hydrogens (primary N) is 1. The number of nitrogens with zero attached hydrogens (tertiary/aromatic N) is 2. The molecule has 2 heterocycles. The molecule has 0 aliphatic rings. The van der Waals surface area contributed by atoms with E-state index in [0.29, 0.717) is 29.2 Å². The maximum absolute atomic E-state index is 11.4. The van der Waals surface area contributed by atoms with Crippen molar-refractivity contribution in [1.82, 2.24) is 9.55 Å². The van der Waals surface area contributed by atoms with E-state index in [9.17, 15) is 4.79 Å². The lowest BCUT2D eigenvalue weighted by Crippen LogP contribution is -2.12. The predicted octanol–water partition coefficient (Wildman–Crippen LogP) is 1.68. The predicted molar refractivity (Wildman–Crippen MR) is 66.1 cm³/mol. The number of anilines is 1. The number of nitrogen functional groups attached to an aromatic ring is 1. The third kappa shape index (κ3) is 1.72. The third-order valence-corrected chi connectivity index (χ3v) is 3.14. The molecule has 2 N–H and O–H groups in total. The Labute approximate surface area is 100 Å². The molecule has 0 aliphatic heterocycles.